The molecule has 0 amide bonds. The number of nitro benzene ring substituents is 1. The van der Waals surface area contributed by atoms with Crippen LogP contribution in [0.15, 0.2) is 89.9 Å². The first-order valence-corrected chi connectivity index (χ1v) is 14.6. The Bertz CT molecular complexity index is 1810. The van der Waals surface area contributed by atoms with Crippen LogP contribution in [-0.2, 0) is 18.5 Å². The van der Waals surface area contributed by atoms with Crippen LogP contribution in [0.4, 0.5) is 11.4 Å². The summed E-state index contributed by atoms with van der Waals surface area (Å²) in [6.45, 7) is 11.3. The van der Waals surface area contributed by atoms with E-state index in [2.05, 4.69) is 78.0 Å². The second-order valence-electron chi connectivity index (χ2n) is 12.3. The number of fused-ring (bicyclic) bond motifs is 1. The molecule has 9 heteroatoms. The largest absolute Gasteiger partial charge is 0.367 e. The second-order valence-corrected chi connectivity index (χ2v) is 12.3. The molecule has 0 radical (unpaired) electrons. The highest BCUT2D eigenvalue weighted by Gasteiger charge is 2.21. The normalized spacial score (nSPS) is 14.3. The average Bonchev–Trinajstić information content (AvgIpc) is 3.44. The van der Waals surface area contributed by atoms with E-state index in [1.807, 2.05) is 12.3 Å². The van der Waals surface area contributed by atoms with Crippen molar-refractivity contribution in [2.75, 3.05) is 31.1 Å². The van der Waals surface area contributed by atoms with E-state index in [4.69, 9.17) is 4.98 Å². The van der Waals surface area contributed by atoms with Crippen LogP contribution in [0, 0.1) is 10.1 Å². The van der Waals surface area contributed by atoms with Gasteiger partial charge in [-0.1, -0.05) is 69.3 Å². The van der Waals surface area contributed by atoms with Gasteiger partial charge in [0.25, 0.3) is 11.2 Å². The predicted octanol–water partition coefficient (Wildman–Crippen LogP) is 5.97. The Morgan fingerprint density at radius 1 is 0.860 bits per heavy atom. The van der Waals surface area contributed by atoms with E-state index in [0.29, 0.717) is 6.54 Å². The summed E-state index contributed by atoms with van der Waals surface area (Å²) in [5.41, 5.74) is 7.50. The van der Waals surface area contributed by atoms with E-state index in [1.54, 1.807) is 22.8 Å². The van der Waals surface area contributed by atoms with Gasteiger partial charge in [-0.15, -0.1) is 0 Å². The molecule has 0 bridgehead atoms. The van der Waals surface area contributed by atoms with Gasteiger partial charge in [-0.3, -0.25) is 19.8 Å². The fraction of sp³-hybridized carbons (Fsp3) is 0.294. The first kappa shape index (κ1) is 28.4. The fourth-order valence-corrected chi connectivity index (χ4v) is 5.66. The standard InChI is InChI=1S/C34H36N6O3/c1-34(2,3)27-12-10-26(11-13-27)33-35-29-5-4-6-30(32(29)36-33)38-19-17-37(18-20-38)21-25-9-16-31(41)39(23-25)22-24-7-14-28(15-8-24)40(42)43/h4-16,23H,17-22H2,1-3H3,(H,35,36). The number of H-pyrrole nitrogens is 1. The van der Waals surface area contributed by atoms with Gasteiger partial charge in [0, 0.05) is 62.7 Å². The molecule has 1 fully saturated rings. The number of benzene rings is 3. The summed E-state index contributed by atoms with van der Waals surface area (Å²) < 4.78 is 1.67. The van der Waals surface area contributed by atoms with Crippen molar-refractivity contribution in [1.29, 1.82) is 0 Å². The molecule has 2 aromatic heterocycles. The summed E-state index contributed by atoms with van der Waals surface area (Å²) in [5.74, 6) is 0.880. The summed E-state index contributed by atoms with van der Waals surface area (Å²) in [6, 6.07) is 24.8. The lowest BCUT2D eigenvalue weighted by atomic mass is 9.87. The third-order valence-electron chi connectivity index (χ3n) is 8.18. The molecule has 3 aromatic carbocycles. The molecule has 0 unspecified atom stereocenters. The van der Waals surface area contributed by atoms with E-state index in [-0.39, 0.29) is 16.7 Å². The first-order valence-electron chi connectivity index (χ1n) is 14.6. The molecule has 1 aliphatic heterocycles. The lowest BCUT2D eigenvalue weighted by Gasteiger charge is -2.36. The maximum Gasteiger partial charge on any atom is 0.269 e. The number of aromatic amines is 1. The molecule has 3 heterocycles. The molecule has 0 spiro atoms. The SMILES string of the molecule is CC(C)(C)c1ccc(-c2nc3c(N4CCN(Cc5ccc(=O)n(Cc6ccc([N+](=O)[O-])cc6)c5)CC4)cccc3[nH]2)cc1. The Balaban J connectivity index is 1.12. The molecule has 220 valence electrons. The Kier molecular flexibility index (Phi) is 7.58. The number of imidazole rings is 1. The monoisotopic (exact) mass is 576 g/mol. The van der Waals surface area contributed by atoms with Gasteiger partial charge in [0.15, 0.2) is 0 Å². The Morgan fingerprint density at radius 3 is 2.23 bits per heavy atom. The number of rotatable bonds is 7. The van der Waals surface area contributed by atoms with Crippen molar-refractivity contribution in [3.8, 4) is 11.4 Å². The molecule has 1 N–H and O–H groups in total. The molecule has 0 atom stereocenters. The highest BCUT2D eigenvalue weighted by atomic mass is 16.6. The number of nitrogens with one attached hydrogen (secondary N) is 1. The fourth-order valence-electron chi connectivity index (χ4n) is 5.66. The second kappa shape index (κ2) is 11.5. The van der Waals surface area contributed by atoms with Crippen molar-refractivity contribution in [3.63, 3.8) is 0 Å². The number of hydrogen-bond donors (Lipinski definition) is 1. The van der Waals surface area contributed by atoms with Crippen molar-refractivity contribution < 1.29 is 4.92 Å². The summed E-state index contributed by atoms with van der Waals surface area (Å²) in [5, 5.41) is 10.9. The van der Waals surface area contributed by atoms with E-state index >= 15 is 0 Å². The van der Waals surface area contributed by atoms with E-state index in [9.17, 15) is 14.9 Å². The van der Waals surface area contributed by atoms with E-state index in [0.717, 1.165) is 72.0 Å². The van der Waals surface area contributed by atoms with Gasteiger partial charge in [-0.2, -0.15) is 0 Å². The predicted molar refractivity (Wildman–Crippen MR) is 171 cm³/mol. The number of nitrogens with zero attached hydrogens (tertiary/aromatic N) is 5. The summed E-state index contributed by atoms with van der Waals surface area (Å²) >= 11 is 0. The highest BCUT2D eigenvalue weighted by Crippen LogP contribution is 2.30. The number of para-hydroxylation sites is 1. The van der Waals surface area contributed by atoms with Crippen LogP contribution < -0.4 is 10.5 Å². The van der Waals surface area contributed by atoms with Crippen LogP contribution in [0.5, 0.6) is 0 Å². The van der Waals surface area contributed by atoms with Crippen molar-refractivity contribution in [2.45, 2.75) is 39.3 Å². The maximum atomic E-state index is 12.5. The molecule has 9 nitrogen and oxygen atoms in total. The van der Waals surface area contributed by atoms with Gasteiger partial charge in [0.05, 0.1) is 22.7 Å². The van der Waals surface area contributed by atoms with Crippen molar-refractivity contribution in [1.82, 2.24) is 19.4 Å². The number of hydrogen-bond acceptors (Lipinski definition) is 6. The molecule has 0 aliphatic carbocycles. The molecular formula is C34H36N6O3. The van der Waals surface area contributed by atoms with E-state index in [1.165, 1.54) is 17.7 Å². The minimum absolute atomic E-state index is 0.0406. The van der Waals surface area contributed by atoms with Crippen LogP contribution in [0.25, 0.3) is 22.4 Å². The molecular weight excluding hydrogens is 540 g/mol. The zero-order valence-electron chi connectivity index (χ0n) is 24.8. The van der Waals surface area contributed by atoms with Gasteiger partial charge in [-0.25, -0.2) is 4.98 Å². The number of piperazine rings is 1. The minimum Gasteiger partial charge on any atom is -0.367 e. The van der Waals surface area contributed by atoms with Gasteiger partial charge in [-0.05, 0) is 34.2 Å². The third kappa shape index (κ3) is 6.22. The van der Waals surface area contributed by atoms with Crippen molar-refractivity contribution in [3.05, 3.63) is 122 Å². The van der Waals surface area contributed by atoms with Gasteiger partial charge < -0.3 is 14.5 Å². The number of nitro groups is 1. The Hall–Kier alpha value is -4.76. The molecule has 0 saturated carbocycles. The maximum absolute atomic E-state index is 12.5. The number of non-ortho nitro benzene ring substituents is 1. The third-order valence-corrected chi connectivity index (χ3v) is 8.18. The highest BCUT2D eigenvalue weighted by molar-refractivity contribution is 5.91. The van der Waals surface area contributed by atoms with Crippen LogP contribution in [0.1, 0.15) is 37.5 Å². The molecule has 6 rings (SSSR count). The summed E-state index contributed by atoms with van der Waals surface area (Å²) in [4.78, 5) is 36.4. The lowest BCUT2D eigenvalue weighted by Crippen LogP contribution is -2.46. The van der Waals surface area contributed by atoms with Crippen LogP contribution in [-0.4, -0.2) is 50.5 Å². The Labute approximate surface area is 250 Å². The number of pyridine rings is 1. The van der Waals surface area contributed by atoms with E-state index < -0.39 is 4.92 Å². The van der Waals surface area contributed by atoms with Crippen LogP contribution >= 0.6 is 0 Å². The average molecular weight is 577 g/mol. The quantitative estimate of drug-likeness (QED) is 0.189. The van der Waals surface area contributed by atoms with Crippen LogP contribution in [0.2, 0.25) is 0 Å². The molecule has 1 saturated heterocycles. The summed E-state index contributed by atoms with van der Waals surface area (Å²) in [7, 11) is 0. The lowest BCUT2D eigenvalue weighted by molar-refractivity contribution is -0.384. The smallest absolute Gasteiger partial charge is 0.269 e. The van der Waals surface area contributed by atoms with Crippen LogP contribution in [0.3, 0.4) is 0 Å². The molecule has 5 aromatic rings. The first-order chi connectivity index (χ1) is 20.6. The minimum atomic E-state index is -0.421. The van der Waals surface area contributed by atoms with Crippen molar-refractivity contribution >= 4 is 22.4 Å². The molecule has 43 heavy (non-hydrogen) atoms. The summed E-state index contributed by atoms with van der Waals surface area (Å²) in [6.07, 6.45) is 1.90. The molecule has 1 aliphatic rings. The zero-order valence-corrected chi connectivity index (χ0v) is 24.8. The zero-order chi connectivity index (χ0) is 30.1. The van der Waals surface area contributed by atoms with Gasteiger partial charge in [0.1, 0.15) is 11.3 Å². The number of anilines is 1. The Morgan fingerprint density at radius 2 is 1.56 bits per heavy atom. The van der Waals surface area contributed by atoms with Gasteiger partial charge >= 0.3 is 0 Å². The number of aromatic nitrogens is 3. The van der Waals surface area contributed by atoms with Gasteiger partial charge in [0.2, 0.25) is 0 Å². The van der Waals surface area contributed by atoms with Crippen molar-refractivity contribution in [2.24, 2.45) is 0 Å². The topological polar surface area (TPSA) is 100 Å².